The number of aromatic amines is 1. The van der Waals surface area contributed by atoms with Gasteiger partial charge in [0, 0.05) is 42.0 Å². The summed E-state index contributed by atoms with van der Waals surface area (Å²) in [6, 6.07) is 14.6. The van der Waals surface area contributed by atoms with Crippen LogP contribution in [0.4, 0.5) is 5.82 Å². The Balaban J connectivity index is 1.53. The lowest BCUT2D eigenvalue weighted by Crippen LogP contribution is -2.12. The van der Waals surface area contributed by atoms with Crippen molar-refractivity contribution in [2.45, 2.75) is 0 Å². The van der Waals surface area contributed by atoms with Gasteiger partial charge in [0.25, 0.3) is 5.91 Å². The Bertz CT molecular complexity index is 991. The number of anilines is 1. The third-order valence-corrected chi connectivity index (χ3v) is 3.69. The van der Waals surface area contributed by atoms with Crippen molar-refractivity contribution in [3.05, 3.63) is 78.9 Å². The Hall–Kier alpha value is -3.74. The van der Waals surface area contributed by atoms with E-state index in [1.165, 1.54) is 0 Å². The van der Waals surface area contributed by atoms with E-state index in [1.807, 2.05) is 36.5 Å². The van der Waals surface area contributed by atoms with Crippen LogP contribution in [0.15, 0.2) is 73.3 Å². The molecule has 0 saturated heterocycles. The monoisotopic (exact) mass is 330 g/mol. The van der Waals surface area contributed by atoms with E-state index < -0.39 is 0 Å². The van der Waals surface area contributed by atoms with Gasteiger partial charge in [-0.25, -0.2) is 4.68 Å². The predicted molar refractivity (Wildman–Crippen MR) is 93.3 cm³/mol. The fourth-order valence-corrected chi connectivity index (χ4v) is 2.46. The van der Waals surface area contributed by atoms with Gasteiger partial charge in [-0.1, -0.05) is 6.07 Å². The number of benzene rings is 1. The van der Waals surface area contributed by atoms with Crippen molar-refractivity contribution < 1.29 is 4.79 Å². The normalized spacial score (nSPS) is 10.6. The number of H-pyrrole nitrogens is 1. The minimum absolute atomic E-state index is 0.234. The second kappa shape index (κ2) is 6.40. The maximum atomic E-state index is 12.5. The topological polar surface area (TPSA) is 88.5 Å². The van der Waals surface area contributed by atoms with Gasteiger partial charge in [0.1, 0.15) is 0 Å². The Kier molecular flexibility index (Phi) is 3.80. The lowest BCUT2D eigenvalue weighted by molar-refractivity contribution is 0.102. The molecule has 0 saturated carbocycles. The van der Waals surface area contributed by atoms with Crippen molar-refractivity contribution in [2.75, 3.05) is 5.32 Å². The standard InChI is InChI=1S/C18H14N6O/c25-18(14-3-1-4-15(11-14)24-10-2-7-20-24)21-17-12-16(22-23-17)13-5-8-19-9-6-13/h1-12H,(H2,21,22,23,25). The summed E-state index contributed by atoms with van der Waals surface area (Å²) in [6.07, 6.45) is 6.92. The molecule has 3 heterocycles. The average Bonchev–Trinajstić information content (AvgIpc) is 3.35. The summed E-state index contributed by atoms with van der Waals surface area (Å²) in [7, 11) is 0. The van der Waals surface area contributed by atoms with Crippen LogP contribution in [-0.4, -0.2) is 30.9 Å². The van der Waals surface area contributed by atoms with Gasteiger partial charge in [-0.3, -0.25) is 14.9 Å². The van der Waals surface area contributed by atoms with Gasteiger partial charge >= 0.3 is 0 Å². The summed E-state index contributed by atoms with van der Waals surface area (Å²) in [6.45, 7) is 0. The minimum atomic E-state index is -0.234. The second-order valence-electron chi connectivity index (χ2n) is 5.36. The first kappa shape index (κ1) is 14.8. The number of nitrogens with one attached hydrogen (secondary N) is 2. The molecule has 0 aliphatic heterocycles. The number of nitrogens with zero attached hydrogens (tertiary/aromatic N) is 4. The van der Waals surface area contributed by atoms with Crippen LogP contribution < -0.4 is 5.32 Å². The van der Waals surface area contributed by atoms with Crippen LogP contribution in [-0.2, 0) is 0 Å². The number of carbonyl (C=O) groups excluding carboxylic acids is 1. The Morgan fingerprint density at radius 3 is 2.72 bits per heavy atom. The lowest BCUT2D eigenvalue weighted by atomic mass is 10.2. The molecule has 4 aromatic rings. The highest BCUT2D eigenvalue weighted by atomic mass is 16.1. The molecule has 7 heteroatoms. The van der Waals surface area contributed by atoms with Crippen LogP contribution in [0.5, 0.6) is 0 Å². The smallest absolute Gasteiger partial charge is 0.256 e. The van der Waals surface area contributed by atoms with Crippen molar-refractivity contribution in [3.63, 3.8) is 0 Å². The van der Waals surface area contributed by atoms with Crippen molar-refractivity contribution in [1.29, 1.82) is 0 Å². The van der Waals surface area contributed by atoms with Gasteiger partial charge < -0.3 is 5.32 Å². The molecule has 122 valence electrons. The molecule has 0 spiro atoms. The van der Waals surface area contributed by atoms with Gasteiger partial charge in [-0.15, -0.1) is 0 Å². The molecule has 0 unspecified atom stereocenters. The highest BCUT2D eigenvalue weighted by Gasteiger charge is 2.10. The summed E-state index contributed by atoms with van der Waals surface area (Å²) in [5.74, 6) is 0.225. The van der Waals surface area contributed by atoms with E-state index in [9.17, 15) is 4.79 Å². The van der Waals surface area contributed by atoms with E-state index in [-0.39, 0.29) is 5.91 Å². The van der Waals surface area contributed by atoms with Crippen molar-refractivity contribution in [1.82, 2.24) is 25.0 Å². The summed E-state index contributed by atoms with van der Waals surface area (Å²) < 4.78 is 1.70. The summed E-state index contributed by atoms with van der Waals surface area (Å²) >= 11 is 0. The first-order valence-corrected chi connectivity index (χ1v) is 7.67. The molecule has 0 aliphatic rings. The molecular weight excluding hydrogens is 316 g/mol. The predicted octanol–water partition coefficient (Wildman–Crippen LogP) is 2.91. The van der Waals surface area contributed by atoms with Crippen LogP contribution >= 0.6 is 0 Å². The van der Waals surface area contributed by atoms with Crippen LogP contribution in [0.3, 0.4) is 0 Å². The van der Waals surface area contributed by atoms with E-state index in [2.05, 4.69) is 25.6 Å². The van der Waals surface area contributed by atoms with Crippen LogP contribution in [0.25, 0.3) is 16.9 Å². The lowest BCUT2D eigenvalue weighted by Gasteiger charge is -2.05. The molecule has 3 aromatic heterocycles. The Labute approximate surface area is 143 Å². The second-order valence-corrected chi connectivity index (χ2v) is 5.36. The van der Waals surface area contributed by atoms with Crippen molar-refractivity contribution >= 4 is 11.7 Å². The Morgan fingerprint density at radius 1 is 1.04 bits per heavy atom. The molecule has 25 heavy (non-hydrogen) atoms. The van der Waals surface area contributed by atoms with Crippen LogP contribution in [0.2, 0.25) is 0 Å². The molecule has 0 aliphatic carbocycles. The molecule has 0 radical (unpaired) electrons. The van der Waals surface area contributed by atoms with Crippen LogP contribution in [0, 0.1) is 0 Å². The van der Waals surface area contributed by atoms with E-state index in [0.29, 0.717) is 11.4 Å². The first-order valence-electron chi connectivity index (χ1n) is 7.67. The largest absolute Gasteiger partial charge is 0.305 e. The first-order chi connectivity index (χ1) is 12.3. The number of amides is 1. The number of hydrogen-bond donors (Lipinski definition) is 2. The third-order valence-electron chi connectivity index (χ3n) is 3.69. The summed E-state index contributed by atoms with van der Waals surface area (Å²) in [5, 5.41) is 14.0. The SMILES string of the molecule is O=C(Nc1cc(-c2ccncc2)[nH]n1)c1cccc(-n2cccn2)c1. The maximum Gasteiger partial charge on any atom is 0.256 e. The van der Waals surface area contributed by atoms with Gasteiger partial charge in [-0.05, 0) is 36.4 Å². The van der Waals surface area contributed by atoms with E-state index >= 15 is 0 Å². The zero-order chi connectivity index (χ0) is 17.1. The van der Waals surface area contributed by atoms with Gasteiger partial charge in [0.2, 0.25) is 0 Å². The van der Waals surface area contributed by atoms with E-state index in [1.54, 1.807) is 41.5 Å². The van der Waals surface area contributed by atoms with E-state index in [0.717, 1.165) is 16.9 Å². The molecule has 0 atom stereocenters. The molecule has 1 aromatic carbocycles. The van der Waals surface area contributed by atoms with Crippen molar-refractivity contribution in [2.24, 2.45) is 0 Å². The maximum absolute atomic E-state index is 12.5. The number of hydrogen-bond acceptors (Lipinski definition) is 4. The van der Waals surface area contributed by atoms with Gasteiger partial charge in [0.05, 0.1) is 11.4 Å². The zero-order valence-corrected chi connectivity index (χ0v) is 13.1. The number of aromatic nitrogens is 5. The highest BCUT2D eigenvalue weighted by molar-refractivity contribution is 6.04. The third kappa shape index (κ3) is 3.16. The van der Waals surface area contributed by atoms with E-state index in [4.69, 9.17) is 0 Å². The van der Waals surface area contributed by atoms with Gasteiger partial charge in [-0.2, -0.15) is 10.2 Å². The minimum Gasteiger partial charge on any atom is -0.305 e. The average molecular weight is 330 g/mol. The zero-order valence-electron chi connectivity index (χ0n) is 13.1. The quantitative estimate of drug-likeness (QED) is 0.602. The molecule has 0 bridgehead atoms. The fourth-order valence-electron chi connectivity index (χ4n) is 2.46. The molecule has 7 nitrogen and oxygen atoms in total. The molecular formula is C18H14N6O. The Morgan fingerprint density at radius 2 is 1.92 bits per heavy atom. The van der Waals surface area contributed by atoms with Gasteiger partial charge in [0.15, 0.2) is 5.82 Å². The van der Waals surface area contributed by atoms with Crippen LogP contribution in [0.1, 0.15) is 10.4 Å². The molecule has 0 fully saturated rings. The number of rotatable bonds is 4. The number of carbonyl (C=O) groups is 1. The molecule has 4 rings (SSSR count). The summed E-state index contributed by atoms with van der Waals surface area (Å²) in [4.78, 5) is 16.5. The highest BCUT2D eigenvalue weighted by Crippen LogP contribution is 2.19. The summed E-state index contributed by atoms with van der Waals surface area (Å²) in [5.41, 5.74) is 3.10. The number of pyridine rings is 1. The molecule has 1 amide bonds. The van der Waals surface area contributed by atoms with Crippen molar-refractivity contribution in [3.8, 4) is 16.9 Å². The fraction of sp³-hybridized carbons (Fsp3) is 0. The molecule has 2 N–H and O–H groups in total.